The van der Waals surface area contributed by atoms with Crippen LogP contribution >= 0.6 is 0 Å². The van der Waals surface area contributed by atoms with Gasteiger partial charge >= 0.3 is 0 Å². The molecule has 0 heterocycles. The van der Waals surface area contributed by atoms with Gasteiger partial charge in [0.05, 0.1) is 5.75 Å². The molecule has 0 rings (SSSR count). The first-order valence-corrected chi connectivity index (χ1v) is 5.99. The second kappa shape index (κ2) is 4.23. The zero-order valence-corrected chi connectivity index (χ0v) is 8.95. The third-order valence-corrected chi connectivity index (χ3v) is 2.98. The first-order chi connectivity index (χ1) is 5.27. The summed E-state index contributed by atoms with van der Waals surface area (Å²) in [4.78, 5) is 0. The lowest BCUT2D eigenvalue weighted by Gasteiger charge is -2.22. The first-order valence-electron chi connectivity index (χ1n) is 4.27. The Morgan fingerprint density at radius 1 is 1.33 bits per heavy atom. The minimum Gasteiger partial charge on any atom is -0.229 e. The van der Waals surface area contributed by atoms with Crippen molar-refractivity contribution < 1.29 is 8.42 Å². The molecule has 0 aromatic heterocycles. The molecule has 3 nitrogen and oxygen atoms in total. The monoisotopic (exact) mass is 193 g/mol. The standard InChI is InChI=1S/C8H19NO2S/c1-4-5-6-8(2,3)7-12(9,10)11/h4-7H2,1-3H3,(H2,9,10,11). The zero-order chi connectivity index (χ0) is 9.83. The highest BCUT2D eigenvalue weighted by atomic mass is 32.2. The highest BCUT2D eigenvalue weighted by molar-refractivity contribution is 7.89. The quantitative estimate of drug-likeness (QED) is 0.719. The van der Waals surface area contributed by atoms with Crippen LogP contribution < -0.4 is 5.14 Å². The average Bonchev–Trinajstić information content (AvgIpc) is 1.78. The van der Waals surface area contributed by atoms with Crippen molar-refractivity contribution in [3.8, 4) is 0 Å². The molecule has 0 aromatic carbocycles. The summed E-state index contributed by atoms with van der Waals surface area (Å²) in [5.74, 6) is 0.0833. The molecule has 0 aliphatic carbocycles. The molecule has 0 unspecified atom stereocenters. The Labute approximate surface area is 75.4 Å². The highest BCUT2D eigenvalue weighted by Gasteiger charge is 2.22. The van der Waals surface area contributed by atoms with E-state index in [2.05, 4.69) is 6.92 Å². The van der Waals surface area contributed by atoms with Gasteiger partial charge in [0.15, 0.2) is 0 Å². The number of sulfonamides is 1. The van der Waals surface area contributed by atoms with Crippen LogP contribution in [-0.2, 0) is 10.0 Å². The average molecular weight is 193 g/mol. The fraction of sp³-hybridized carbons (Fsp3) is 1.00. The van der Waals surface area contributed by atoms with Gasteiger partial charge in [0.1, 0.15) is 0 Å². The van der Waals surface area contributed by atoms with Gasteiger partial charge in [-0.25, -0.2) is 13.6 Å². The largest absolute Gasteiger partial charge is 0.229 e. The topological polar surface area (TPSA) is 60.2 Å². The lowest BCUT2D eigenvalue weighted by atomic mass is 9.90. The summed E-state index contributed by atoms with van der Waals surface area (Å²) in [5.41, 5.74) is -0.177. The molecular formula is C8H19NO2S. The molecule has 0 atom stereocenters. The van der Waals surface area contributed by atoms with Crippen LogP contribution in [0.3, 0.4) is 0 Å². The molecule has 2 N–H and O–H groups in total. The maximum Gasteiger partial charge on any atom is 0.209 e. The van der Waals surface area contributed by atoms with E-state index in [-0.39, 0.29) is 11.2 Å². The maximum atomic E-state index is 10.8. The molecule has 0 saturated carbocycles. The third kappa shape index (κ3) is 6.61. The van der Waals surface area contributed by atoms with Crippen LogP contribution in [0.2, 0.25) is 0 Å². The molecule has 0 amide bonds. The summed E-state index contributed by atoms with van der Waals surface area (Å²) in [6.45, 7) is 5.97. The Morgan fingerprint density at radius 3 is 2.17 bits per heavy atom. The molecule has 0 bridgehead atoms. The number of primary sulfonamides is 1. The molecular weight excluding hydrogens is 174 g/mol. The van der Waals surface area contributed by atoms with Crippen molar-refractivity contribution in [2.24, 2.45) is 10.6 Å². The second-order valence-electron chi connectivity index (χ2n) is 4.07. The summed E-state index contributed by atoms with van der Waals surface area (Å²) in [6.07, 6.45) is 3.07. The van der Waals surface area contributed by atoms with Gasteiger partial charge in [0.2, 0.25) is 10.0 Å². The fourth-order valence-corrected chi connectivity index (χ4v) is 2.51. The van der Waals surface area contributed by atoms with E-state index in [0.717, 1.165) is 19.3 Å². The van der Waals surface area contributed by atoms with Crippen molar-refractivity contribution in [2.45, 2.75) is 40.0 Å². The van der Waals surface area contributed by atoms with Gasteiger partial charge in [-0.1, -0.05) is 33.6 Å². The number of hydrogen-bond donors (Lipinski definition) is 1. The number of unbranched alkanes of at least 4 members (excludes halogenated alkanes) is 1. The Kier molecular flexibility index (Phi) is 4.20. The summed E-state index contributed by atoms with van der Waals surface area (Å²) < 4.78 is 21.6. The Bertz CT molecular complexity index is 219. The van der Waals surface area contributed by atoms with Gasteiger partial charge < -0.3 is 0 Å². The van der Waals surface area contributed by atoms with Gasteiger partial charge in [0, 0.05) is 0 Å². The van der Waals surface area contributed by atoms with Crippen LogP contribution in [0.5, 0.6) is 0 Å². The van der Waals surface area contributed by atoms with Crippen LogP contribution in [0.1, 0.15) is 40.0 Å². The summed E-state index contributed by atoms with van der Waals surface area (Å²) in [5, 5.41) is 4.97. The zero-order valence-electron chi connectivity index (χ0n) is 8.13. The van der Waals surface area contributed by atoms with Crippen molar-refractivity contribution in [2.75, 3.05) is 5.75 Å². The van der Waals surface area contributed by atoms with Gasteiger partial charge in [0.25, 0.3) is 0 Å². The summed E-state index contributed by atoms with van der Waals surface area (Å²) in [7, 11) is -3.31. The maximum absolute atomic E-state index is 10.8. The normalized spacial score (nSPS) is 13.3. The third-order valence-electron chi connectivity index (χ3n) is 1.80. The van der Waals surface area contributed by atoms with Gasteiger partial charge in [-0.2, -0.15) is 0 Å². The molecule has 0 saturated heterocycles. The summed E-state index contributed by atoms with van der Waals surface area (Å²) >= 11 is 0. The molecule has 0 spiro atoms. The minimum atomic E-state index is -3.31. The van der Waals surface area contributed by atoms with Crippen molar-refractivity contribution in [3.63, 3.8) is 0 Å². The molecule has 74 valence electrons. The lowest BCUT2D eigenvalue weighted by Crippen LogP contribution is -2.28. The van der Waals surface area contributed by atoms with E-state index in [1.807, 2.05) is 13.8 Å². The van der Waals surface area contributed by atoms with E-state index < -0.39 is 10.0 Å². The van der Waals surface area contributed by atoms with Gasteiger partial charge in [-0.15, -0.1) is 0 Å². The molecule has 4 heteroatoms. The van der Waals surface area contributed by atoms with Crippen LogP contribution in [0.4, 0.5) is 0 Å². The summed E-state index contributed by atoms with van der Waals surface area (Å²) in [6, 6.07) is 0. The molecule has 0 aromatic rings. The van der Waals surface area contributed by atoms with E-state index in [1.54, 1.807) is 0 Å². The smallest absolute Gasteiger partial charge is 0.209 e. The predicted octanol–water partition coefficient (Wildman–Crippen LogP) is 1.49. The van der Waals surface area contributed by atoms with Gasteiger partial charge in [-0.3, -0.25) is 0 Å². The number of hydrogen-bond acceptors (Lipinski definition) is 2. The Hall–Kier alpha value is -0.0900. The van der Waals surface area contributed by atoms with E-state index >= 15 is 0 Å². The second-order valence-corrected chi connectivity index (χ2v) is 5.69. The minimum absolute atomic E-state index is 0.0833. The molecule has 0 fully saturated rings. The first kappa shape index (κ1) is 11.9. The van der Waals surface area contributed by atoms with E-state index in [4.69, 9.17) is 5.14 Å². The van der Waals surface area contributed by atoms with E-state index in [0.29, 0.717) is 0 Å². The SMILES string of the molecule is CCCCC(C)(C)CS(N)(=O)=O. The van der Waals surface area contributed by atoms with Gasteiger partial charge in [-0.05, 0) is 11.8 Å². The predicted molar refractivity (Wildman–Crippen MR) is 51.3 cm³/mol. The Balaban J connectivity index is 4.04. The van der Waals surface area contributed by atoms with Crippen molar-refractivity contribution >= 4 is 10.0 Å². The van der Waals surface area contributed by atoms with Crippen molar-refractivity contribution in [3.05, 3.63) is 0 Å². The molecule has 12 heavy (non-hydrogen) atoms. The van der Waals surface area contributed by atoms with Crippen LogP contribution in [0, 0.1) is 5.41 Å². The van der Waals surface area contributed by atoms with Crippen LogP contribution in [-0.4, -0.2) is 14.2 Å². The van der Waals surface area contributed by atoms with E-state index in [1.165, 1.54) is 0 Å². The van der Waals surface area contributed by atoms with Crippen LogP contribution in [0.25, 0.3) is 0 Å². The lowest BCUT2D eigenvalue weighted by molar-refractivity contribution is 0.364. The molecule has 0 radical (unpaired) electrons. The number of nitrogens with two attached hydrogens (primary N) is 1. The fourth-order valence-electron chi connectivity index (χ4n) is 1.27. The Morgan fingerprint density at radius 2 is 1.83 bits per heavy atom. The molecule has 0 aliphatic heterocycles. The highest BCUT2D eigenvalue weighted by Crippen LogP contribution is 2.24. The van der Waals surface area contributed by atoms with Crippen molar-refractivity contribution in [1.29, 1.82) is 0 Å². The van der Waals surface area contributed by atoms with Crippen molar-refractivity contribution in [1.82, 2.24) is 0 Å². The van der Waals surface area contributed by atoms with E-state index in [9.17, 15) is 8.42 Å². The number of rotatable bonds is 5. The molecule has 0 aliphatic rings. The van der Waals surface area contributed by atoms with Crippen LogP contribution in [0.15, 0.2) is 0 Å².